The molecule has 7 heteroatoms. The highest BCUT2D eigenvalue weighted by atomic mass is 35.5. The van der Waals surface area contributed by atoms with Gasteiger partial charge in [0, 0.05) is 18.5 Å². The van der Waals surface area contributed by atoms with Crippen molar-refractivity contribution in [1.82, 2.24) is 9.13 Å². The van der Waals surface area contributed by atoms with E-state index in [1.165, 1.54) is 17.7 Å². The van der Waals surface area contributed by atoms with Gasteiger partial charge in [-0.15, -0.1) is 11.6 Å². The van der Waals surface area contributed by atoms with Gasteiger partial charge in [-0.25, -0.2) is 9.59 Å². The van der Waals surface area contributed by atoms with E-state index in [-0.39, 0.29) is 12.4 Å². The number of ether oxygens (including phenoxy) is 1. The van der Waals surface area contributed by atoms with Crippen LogP contribution in [0.1, 0.15) is 0 Å². The second kappa shape index (κ2) is 4.73. The summed E-state index contributed by atoms with van der Waals surface area (Å²) in [6.45, 7) is 0.240. The first-order valence-electron chi connectivity index (χ1n) is 5.18. The molecule has 1 aromatic carbocycles. The largest absolute Gasteiger partial charge is 0.497 e. The molecule has 1 N–H and O–H groups in total. The lowest BCUT2D eigenvalue weighted by Gasteiger charge is -2.02. The first-order valence-corrected chi connectivity index (χ1v) is 5.72. The Morgan fingerprint density at radius 1 is 1.44 bits per heavy atom. The maximum atomic E-state index is 12.0. The smallest absolute Gasteiger partial charge is 0.420 e. The molecule has 1 aromatic heterocycles. The van der Waals surface area contributed by atoms with Gasteiger partial charge >= 0.3 is 11.8 Å². The zero-order valence-corrected chi connectivity index (χ0v) is 10.3. The number of aromatic nitrogens is 2. The van der Waals surface area contributed by atoms with Crippen molar-refractivity contribution in [2.24, 2.45) is 0 Å². The molecule has 0 atom stereocenters. The summed E-state index contributed by atoms with van der Waals surface area (Å²) in [6.07, 6.45) is -1.32. The Morgan fingerprint density at radius 3 is 2.72 bits per heavy atom. The molecule has 0 aliphatic rings. The Morgan fingerprint density at radius 2 is 2.17 bits per heavy atom. The van der Waals surface area contributed by atoms with E-state index in [0.29, 0.717) is 21.4 Å². The van der Waals surface area contributed by atoms with Crippen molar-refractivity contribution < 1.29 is 14.6 Å². The molecule has 0 radical (unpaired) electrons. The Labute approximate surface area is 107 Å². The van der Waals surface area contributed by atoms with Crippen LogP contribution in [-0.2, 0) is 6.54 Å². The molecule has 0 aliphatic carbocycles. The summed E-state index contributed by atoms with van der Waals surface area (Å²) in [5.74, 6) is 0.768. The SMILES string of the molecule is COc1ccc2c(c1)n(CCCl)c(=O)n2C(=O)O. The molecular weight excluding hydrogens is 260 g/mol. The molecule has 18 heavy (non-hydrogen) atoms. The minimum atomic E-state index is -1.32. The van der Waals surface area contributed by atoms with Crippen molar-refractivity contribution in [2.75, 3.05) is 13.0 Å². The number of carboxylic acid groups (broad SMARTS) is 1. The summed E-state index contributed by atoms with van der Waals surface area (Å²) in [5, 5.41) is 9.06. The number of nitrogens with zero attached hydrogens (tertiary/aromatic N) is 2. The van der Waals surface area contributed by atoms with Crippen molar-refractivity contribution in [1.29, 1.82) is 0 Å². The Bertz CT molecular complexity index is 659. The van der Waals surface area contributed by atoms with Crippen molar-refractivity contribution in [3.8, 4) is 5.75 Å². The van der Waals surface area contributed by atoms with E-state index in [1.54, 1.807) is 12.1 Å². The number of imidazole rings is 1. The highest BCUT2D eigenvalue weighted by Crippen LogP contribution is 2.20. The van der Waals surface area contributed by atoms with E-state index in [4.69, 9.17) is 21.4 Å². The van der Waals surface area contributed by atoms with Gasteiger partial charge < -0.3 is 9.84 Å². The molecule has 0 unspecified atom stereocenters. The topological polar surface area (TPSA) is 73.5 Å². The minimum Gasteiger partial charge on any atom is -0.497 e. The Balaban J connectivity index is 2.83. The molecule has 0 amide bonds. The number of fused-ring (bicyclic) bond motifs is 1. The predicted molar refractivity (Wildman–Crippen MR) is 66.9 cm³/mol. The Kier molecular flexibility index (Phi) is 3.29. The predicted octanol–water partition coefficient (Wildman–Crippen LogP) is 1.58. The average Bonchev–Trinajstić information content (AvgIpc) is 2.62. The highest BCUT2D eigenvalue weighted by Gasteiger charge is 2.17. The first kappa shape index (κ1) is 12.5. The lowest BCUT2D eigenvalue weighted by atomic mass is 10.3. The number of hydrogen-bond acceptors (Lipinski definition) is 3. The van der Waals surface area contributed by atoms with Crippen molar-refractivity contribution in [2.45, 2.75) is 6.54 Å². The first-order chi connectivity index (χ1) is 8.60. The number of benzene rings is 1. The second-order valence-corrected chi connectivity index (χ2v) is 3.97. The van der Waals surface area contributed by atoms with Gasteiger partial charge in [0.05, 0.1) is 18.1 Å². The van der Waals surface area contributed by atoms with Gasteiger partial charge in [0.2, 0.25) is 0 Å². The van der Waals surface area contributed by atoms with E-state index in [0.717, 1.165) is 0 Å². The van der Waals surface area contributed by atoms with Crippen LogP contribution < -0.4 is 10.4 Å². The number of alkyl halides is 1. The van der Waals surface area contributed by atoms with Gasteiger partial charge in [-0.3, -0.25) is 4.57 Å². The van der Waals surface area contributed by atoms with E-state index in [9.17, 15) is 9.59 Å². The van der Waals surface area contributed by atoms with Gasteiger partial charge in [0.15, 0.2) is 0 Å². The van der Waals surface area contributed by atoms with Crippen LogP contribution in [0, 0.1) is 0 Å². The number of hydrogen-bond donors (Lipinski definition) is 1. The number of rotatable bonds is 3. The maximum absolute atomic E-state index is 12.0. The molecule has 0 fully saturated rings. The van der Waals surface area contributed by atoms with Crippen molar-refractivity contribution >= 4 is 28.7 Å². The normalized spacial score (nSPS) is 10.8. The number of carbonyl (C=O) groups is 1. The van der Waals surface area contributed by atoms with E-state index >= 15 is 0 Å². The summed E-state index contributed by atoms with van der Waals surface area (Å²) in [4.78, 5) is 23.1. The van der Waals surface area contributed by atoms with Gasteiger partial charge in [-0.2, -0.15) is 4.57 Å². The van der Waals surface area contributed by atoms with E-state index < -0.39 is 11.8 Å². The minimum absolute atomic E-state index is 0.218. The molecule has 0 saturated heterocycles. The summed E-state index contributed by atoms with van der Waals surface area (Å²) in [6, 6.07) is 4.75. The van der Waals surface area contributed by atoms with E-state index in [1.807, 2.05) is 0 Å². The van der Waals surface area contributed by atoms with Crippen molar-refractivity contribution in [3.63, 3.8) is 0 Å². The summed E-state index contributed by atoms with van der Waals surface area (Å²) in [5.41, 5.74) is 0.187. The lowest BCUT2D eigenvalue weighted by molar-refractivity contribution is 0.196. The van der Waals surface area contributed by atoms with Gasteiger partial charge in [0.25, 0.3) is 0 Å². The summed E-state index contributed by atoms with van der Waals surface area (Å²) < 4.78 is 7.07. The van der Waals surface area contributed by atoms with Crippen LogP contribution in [0.3, 0.4) is 0 Å². The molecule has 0 aliphatic heterocycles. The highest BCUT2D eigenvalue weighted by molar-refractivity contribution is 6.17. The third-order valence-corrected chi connectivity index (χ3v) is 2.80. The average molecular weight is 271 g/mol. The quantitative estimate of drug-likeness (QED) is 0.860. The zero-order valence-electron chi connectivity index (χ0n) is 9.59. The third kappa shape index (κ3) is 1.84. The van der Waals surface area contributed by atoms with Crippen LogP contribution in [0.2, 0.25) is 0 Å². The third-order valence-electron chi connectivity index (χ3n) is 2.64. The zero-order chi connectivity index (χ0) is 13.3. The van der Waals surface area contributed by atoms with Gasteiger partial charge in [0.1, 0.15) is 5.75 Å². The fourth-order valence-corrected chi connectivity index (χ4v) is 2.02. The van der Waals surface area contributed by atoms with Crippen LogP contribution in [0.25, 0.3) is 11.0 Å². The van der Waals surface area contributed by atoms with Gasteiger partial charge in [-0.05, 0) is 12.1 Å². The standard InChI is InChI=1S/C11H11ClN2O4/c1-18-7-2-3-8-9(6-7)13(5-4-12)10(15)14(8)11(16)17/h2-3,6H,4-5H2,1H3,(H,16,17). The Hall–Kier alpha value is -1.95. The van der Waals surface area contributed by atoms with E-state index in [2.05, 4.69) is 0 Å². The summed E-state index contributed by atoms with van der Waals surface area (Å²) in [7, 11) is 1.50. The fraction of sp³-hybridized carbons (Fsp3) is 0.273. The van der Waals surface area contributed by atoms with Crippen molar-refractivity contribution in [3.05, 3.63) is 28.7 Å². The number of aryl methyl sites for hydroxylation is 1. The molecule has 0 bridgehead atoms. The monoisotopic (exact) mass is 270 g/mol. The van der Waals surface area contributed by atoms with Gasteiger partial charge in [-0.1, -0.05) is 0 Å². The molecule has 0 saturated carbocycles. The maximum Gasteiger partial charge on any atom is 0.420 e. The van der Waals surface area contributed by atoms with Crippen LogP contribution in [0.4, 0.5) is 4.79 Å². The molecule has 6 nitrogen and oxygen atoms in total. The van der Waals surface area contributed by atoms with Crippen LogP contribution >= 0.6 is 11.6 Å². The number of halogens is 1. The lowest BCUT2D eigenvalue weighted by Crippen LogP contribution is -2.28. The van der Waals surface area contributed by atoms with Crippen LogP contribution in [0.15, 0.2) is 23.0 Å². The number of methoxy groups -OCH3 is 1. The second-order valence-electron chi connectivity index (χ2n) is 3.60. The van der Waals surface area contributed by atoms with Crippen LogP contribution in [0.5, 0.6) is 5.75 Å². The van der Waals surface area contributed by atoms with Crippen LogP contribution in [-0.4, -0.2) is 33.3 Å². The molecular formula is C11H11ClN2O4. The molecule has 0 spiro atoms. The molecule has 2 aromatic rings. The molecule has 2 rings (SSSR count). The summed E-state index contributed by atoms with van der Waals surface area (Å²) >= 11 is 5.62. The molecule has 96 valence electrons. The fourth-order valence-electron chi connectivity index (χ4n) is 1.85. The molecule has 1 heterocycles.